The summed E-state index contributed by atoms with van der Waals surface area (Å²) in [6, 6.07) is -0.0811. The van der Waals surface area contributed by atoms with Crippen molar-refractivity contribution in [3.63, 3.8) is 0 Å². The Bertz CT molecular complexity index is 598. The van der Waals surface area contributed by atoms with Crippen LogP contribution in [0.1, 0.15) is 47.5 Å². The molecule has 26 heavy (non-hydrogen) atoms. The Morgan fingerprint density at radius 2 is 2.19 bits per heavy atom. The summed E-state index contributed by atoms with van der Waals surface area (Å²) in [6.45, 7) is 11.5. The van der Waals surface area contributed by atoms with E-state index in [1.165, 1.54) is 11.3 Å². The number of hydrogen-bond acceptors (Lipinski definition) is 5. The number of anilines is 1. The lowest BCUT2D eigenvalue weighted by atomic mass is 9.97. The fraction of sp³-hybridized carbons (Fsp3) is 0.722. The van der Waals surface area contributed by atoms with Crippen molar-refractivity contribution in [2.45, 2.75) is 59.1 Å². The molecule has 1 atom stereocenters. The van der Waals surface area contributed by atoms with Gasteiger partial charge in [-0.15, -0.1) is 11.3 Å². The van der Waals surface area contributed by atoms with Gasteiger partial charge < -0.3 is 14.5 Å². The number of aromatic nitrogens is 1. The Labute approximate surface area is 159 Å². The number of carbonyl (C=O) groups is 2. The van der Waals surface area contributed by atoms with Crippen molar-refractivity contribution < 1.29 is 14.3 Å². The minimum absolute atomic E-state index is 0.0457. The lowest BCUT2D eigenvalue weighted by Gasteiger charge is -2.37. The van der Waals surface area contributed by atoms with Crippen LogP contribution in [0, 0.1) is 5.92 Å². The first-order valence-corrected chi connectivity index (χ1v) is 9.98. The van der Waals surface area contributed by atoms with Gasteiger partial charge in [0.1, 0.15) is 5.60 Å². The Kier molecular flexibility index (Phi) is 6.86. The van der Waals surface area contributed by atoms with E-state index in [1.54, 1.807) is 11.1 Å². The molecule has 1 aliphatic heterocycles. The van der Waals surface area contributed by atoms with Gasteiger partial charge >= 0.3 is 12.1 Å². The van der Waals surface area contributed by atoms with Crippen LogP contribution in [0.25, 0.3) is 0 Å². The standard InChI is InChI=1S/C18H30N4O3S/c1-13(2)22(17(24)25-18(3,4)5)12-14-7-6-9-21(11-14)16(23)20-15-19-8-10-26-15/h8,10,13-14H,6-7,9,11-12H2,1-5H3,(H,19,20,23). The van der Waals surface area contributed by atoms with E-state index >= 15 is 0 Å². The van der Waals surface area contributed by atoms with E-state index in [0.29, 0.717) is 18.2 Å². The molecule has 2 heterocycles. The molecule has 0 aromatic carbocycles. The summed E-state index contributed by atoms with van der Waals surface area (Å²) >= 11 is 1.40. The third kappa shape index (κ3) is 6.16. The van der Waals surface area contributed by atoms with Crippen LogP contribution in [-0.2, 0) is 4.74 Å². The highest BCUT2D eigenvalue weighted by molar-refractivity contribution is 7.13. The van der Waals surface area contributed by atoms with Crippen LogP contribution < -0.4 is 5.32 Å². The molecule has 0 bridgehead atoms. The van der Waals surface area contributed by atoms with Gasteiger partial charge in [-0.05, 0) is 53.4 Å². The molecule has 1 unspecified atom stereocenters. The second-order valence-corrected chi connectivity index (χ2v) is 8.84. The second-order valence-electron chi connectivity index (χ2n) is 7.95. The fourth-order valence-corrected chi connectivity index (χ4v) is 3.47. The summed E-state index contributed by atoms with van der Waals surface area (Å²) in [5, 5.41) is 5.27. The van der Waals surface area contributed by atoms with Gasteiger partial charge in [0.15, 0.2) is 5.13 Å². The number of amides is 3. The number of nitrogens with one attached hydrogen (secondary N) is 1. The number of urea groups is 1. The molecule has 1 fully saturated rings. The summed E-state index contributed by atoms with van der Waals surface area (Å²) in [5.74, 6) is 0.237. The quantitative estimate of drug-likeness (QED) is 0.853. The zero-order chi connectivity index (χ0) is 19.3. The van der Waals surface area contributed by atoms with Gasteiger partial charge in [-0.3, -0.25) is 5.32 Å². The SMILES string of the molecule is CC(C)N(CC1CCCN(C(=O)Nc2nccs2)C1)C(=O)OC(C)(C)C. The molecular formula is C18H30N4O3S. The topological polar surface area (TPSA) is 74.8 Å². The van der Waals surface area contributed by atoms with Gasteiger partial charge in [-0.2, -0.15) is 0 Å². The van der Waals surface area contributed by atoms with Crippen LogP contribution >= 0.6 is 11.3 Å². The molecule has 7 nitrogen and oxygen atoms in total. The highest BCUT2D eigenvalue weighted by Crippen LogP contribution is 2.21. The van der Waals surface area contributed by atoms with E-state index in [9.17, 15) is 9.59 Å². The van der Waals surface area contributed by atoms with Gasteiger partial charge in [-0.25, -0.2) is 14.6 Å². The summed E-state index contributed by atoms with van der Waals surface area (Å²) in [6.07, 6.45) is 3.29. The van der Waals surface area contributed by atoms with Gasteiger partial charge in [0.2, 0.25) is 0 Å². The predicted molar refractivity (Wildman–Crippen MR) is 104 cm³/mol. The van der Waals surface area contributed by atoms with Crippen LogP contribution in [0.2, 0.25) is 0 Å². The summed E-state index contributed by atoms with van der Waals surface area (Å²) in [7, 11) is 0. The molecule has 1 aliphatic rings. The smallest absolute Gasteiger partial charge is 0.410 e. The van der Waals surface area contributed by atoms with Crippen LogP contribution in [0.4, 0.5) is 14.7 Å². The third-order valence-corrected chi connectivity index (χ3v) is 4.85. The molecule has 0 radical (unpaired) electrons. The average molecular weight is 383 g/mol. The molecule has 1 aromatic rings. The minimum atomic E-state index is -0.517. The summed E-state index contributed by atoms with van der Waals surface area (Å²) in [4.78, 5) is 32.6. The number of thiazole rings is 1. The Morgan fingerprint density at radius 3 is 2.77 bits per heavy atom. The maximum absolute atomic E-state index is 12.5. The van der Waals surface area contributed by atoms with Crippen molar-refractivity contribution in [3.05, 3.63) is 11.6 Å². The highest BCUT2D eigenvalue weighted by Gasteiger charge is 2.30. The van der Waals surface area contributed by atoms with Crippen molar-refractivity contribution in [2.75, 3.05) is 25.0 Å². The first-order chi connectivity index (χ1) is 12.2. The number of nitrogens with zero attached hydrogens (tertiary/aromatic N) is 3. The van der Waals surface area contributed by atoms with E-state index in [-0.39, 0.29) is 24.1 Å². The zero-order valence-electron chi connectivity index (χ0n) is 16.3. The normalized spacial score (nSPS) is 17.9. The van der Waals surface area contributed by atoms with E-state index in [1.807, 2.05) is 44.9 Å². The van der Waals surface area contributed by atoms with E-state index < -0.39 is 5.60 Å². The second kappa shape index (κ2) is 8.70. The van der Waals surface area contributed by atoms with Crippen molar-refractivity contribution in [1.29, 1.82) is 0 Å². The van der Waals surface area contributed by atoms with Crippen LogP contribution in [0.3, 0.4) is 0 Å². The molecule has 1 aromatic heterocycles. The third-order valence-electron chi connectivity index (χ3n) is 4.16. The molecular weight excluding hydrogens is 352 g/mol. The van der Waals surface area contributed by atoms with Gasteiger partial charge in [0, 0.05) is 37.3 Å². The number of likely N-dealkylation sites (tertiary alicyclic amines) is 1. The molecule has 1 saturated heterocycles. The maximum atomic E-state index is 12.5. The summed E-state index contributed by atoms with van der Waals surface area (Å²) in [5.41, 5.74) is -0.517. The van der Waals surface area contributed by atoms with E-state index in [0.717, 1.165) is 19.4 Å². The first kappa shape index (κ1) is 20.5. The van der Waals surface area contributed by atoms with Gasteiger partial charge in [0.25, 0.3) is 0 Å². The van der Waals surface area contributed by atoms with Gasteiger partial charge in [-0.1, -0.05) is 0 Å². The van der Waals surface area contributed by atoms with Crippen LogP contribution in [-0.4, -0.2) is 58.2 Å². The summed E-state index contributed by atoms with van der Waals surface area (Å²) < 4.78 is 5.53. The Morgan fingerprint density at radius 1 is 1.46 bits per heavy atom. The van der Waals surface area contributed by atoms with E-state index in [4.69, 9.17) is 4.74 Å². The molecule has 1 N–H and O–H groups in total. The number of ether oxygens (including phenoxy) is 1. The molecule has 3 amide bonds. The maximum Gasteiger partial charge on any atom is 0.410 e. The van der Waals surface area contributed by atoms with Crippen LogP contribution in [0.15, 0.2) is 11.6 Å². The van der Waals surface area contributed by atoms with Crippen molar-refractivity contribution >= 4 is 28.6 Å². The van der Waals surface area contributed by atoms with Crippen molar-refractivity contribution in [3.8, 4) is 0 Å². The highest BCUT2D eigenvalue weighted by atomic mass is 32.1. The predicted octanol–water partition coefficient (Wildman–Crippen LogP) is 4.03. The largest absolute Gasteiger partial charge is 0.444 e. The lowest BCUT2D eigenvalue weighted by molar-refractivity contribution is 0.0132. The van der Waals surface area contributed by atoms with Crippen molar-refractivity contribution in [2.24, 2.45) is 5.92 Å². The lowest BCUT2D eigenvalue weighted by Crippen LogP contribution is -2.48. The molecule has 0 aliphatic carbocycles. The Balaban J connectivity index is 1.94. The van der Waals surface area contributed by atoms with Gasteiger partial charge in [0.05, 0.1) is 0 Å². The van der Waals surface area contributed by atoms with E-state index in [2.05, 4.69) is 10.3 Å². The van der Waals surface area contributed by atoms with Crippen LogP contribution in [0.5, 0.6) is 0 Å². The number of carbonyl (C=O) groups excluding carboxylic acids is 2. The zero-order valence-corrected chi connectivity index (χ0v) is 17.1. The molecule has 0 spiro atoms. The molecule has 2 rings (SSSR count). The number of piperidine rings is 1. The minimum Gasteiger partial charge on any atom is -0.444 e. The van der Waals surface area contributed by atoms with Crippen molar-refractivity contribution in [1.82, 2.24) is 14.8 Å². The number of rotatable bonds is 4. The average Bonchev–Trinajstić information content (AvgIpc) is 3.03. The monoisotopic (exact) mass is 382 g/mol. The molecule has 0 saturated carbocycles. The fourth-order valence-electron chi connectivity index (χ4n) is 2.95. The first-order valence-electron chi connectivity index (χ1n) is 9.11. The number of hydrogen-bond donors (Lipinski definition) is 1. The Hall–Kier alpha value is -1.83. The molecule has 146 valence electrons. The molecule has 8 heteroatoms.